The lowest BCUT2D eigenvalue weighted by Crippen LogP contribution is -1.97. The van der Waals surface area contributed by atoms with Crippen LogP contribution in [-0.2, 0) is 5.75 Å². The first kappa shape index (κ1) is 12.5. The van der Waals surface area contributed by atoms with Crippen molar-refractivity contribution < 1.29 is 4.79 Å². The van der Waals surface area contributed by atoms with Crippen molar-refractivity contribution in [3.63, 3.8) is 0 Å². The highest BCUT2D eigenvalue weighted by Gasteiger charge is 2.25. The molecular formula is C15H16N2OS. The second kappa shape index (κ2) is 5.21. The summed E-state index contributed by atoms with van der Waals surface area (Å²) in [6.45, 7) is 1.60. The van der Waals surface area contributed by atoms with Gasteiger partial charge in [-0.2, -0.15) is 0 Å². The molecule has 2 aromatic rings. The van der Waals surface area contributed by atoms with Crippen molar-refractivity contribution in [3.8, 4) is 0 Å². The van der Waals surface area contributed by atoms with Crippen molar-refractivity contribution in [2.45, 2.75) is 36.5 Å². The molecule has 0 amide bonds. The predicted octanol–water partition coefficient (Wildman–Crippen LogP) is 3.71. The van der Waals surface area contributed by atoms with E-state index in [-0.39, 0.29) is 5.78 Å². The van der Waals surface area contributed by atoms with Gasteiger partial charge >= 0.3 is 0 Å². The Morgan fingerprint density at radius 2 is 2.32 bits per heavy atom. The van der Waals surface area contributed by atoms with Gasteiger partial charge in [-0.1, -0.05) is 12.1 Å². The van der Waals surface area contributed by atoms with E-state index in [0.29, 0.717) is 6.04 Å². The topological polar surface area (TPSA) is 34.9 Å². The summed E-state index contributed by atoms with van der Waals surface area (Å²) < 4.78 is 2.28. The molecule has 0 saturated heterocycles. The van der Waals surface area contributed by atoms with Gasteiger partial charge in [-0.15, -0.1) is 11.8 Å². The summed E-state index contributed by atoms with van der Waals surface area (Å²) in [6.07, 6.45) is 6.42. The van der Waals surface area contributed by atoms with Crippen LogP contribution in [0.4, 0.5) is 0 Å². The van der Waals surface area contributed by atoms with Crippen LogP contribution >= 0.6 is 11.8 Å². The summed E-state index contributed by atoms with van der Waals surface area (Å²) in [4.78, 5) is 16.7. The van der Waals surface area contributed by atoms with Crippen molar-refractivity contribution >= 4 is 17.5 Å². The number of aromatic nitrogens is 2. The Morgan fingerprint density at radius 3 is 3.05 bits per heavy atom. The maximum absolute atomic E-state index is 11.4. The summed E-state index contributed by atoms with van der Waals surface area (Å²) in [5.74, 6) is 1.02. The zero-order valence-corrected chi connectivity index (χ0v) is 11.7. The Labute approximate surface area is 117 Å². The van der Waals surface area contributed by atoms with Gasteiger partial charge in [0.15, 0.2) is 5.78 Å². The van der Waals surface area contributed by atoms with E-state index >= 15 is 0 Å². The van der Waals surface area contributed by atoms with E-state index in [1.165, 1.54) is 18.5 Å². The van der Waals surface area contributed by atoms with Crippen molar-refractivity contribution in [1.29, 1.82) is 0 Å². The molecule has 19 heavy (non-hydrogen) atoms. The first-order chi connectivity index (χ1) is 9.24. The molecule has 1 aliphatic carbocycles. The molecule has 4 heteroatoms. The minimum atomic E-state index is 0.116. The molecule has 0 N–H and O–H groups in total. The molecule has 1 heterocycles. The van der Waals surface area contributed by atoms with Gasteiger partial charge in [0.05, 0.1) is 6.33 Å². The summed E-state index contributed by atoms with van der Waals surface area (Å²) >= 11 is 1.76. The Balaban J connectivity index is 1.70. The number of ketones is 1. The number of nitrogens with zero attached hydrogens (tertiary/aromatic N) is 2. The van der Waals surface area contributed by atoms with Crippen LogP contribution in [0.15, 0.2) is 41.7 Å². The number of hydrogen-bond acceptors (Lipinski definition) is 3. The van der Waals surface area contributed by atoms with Crippen molar-refractivity contribution in [1.82, 2.24) is 9.55 Å². The third-order valence-electron chi connectivity index (χ3n) is 3.31. The number of thioether (sulfide) groups is 1. The number of benzene rings is 1. The smallest absolute Gasteiger partial charge is 0.159 e. The monoisotopic (exact) mass is 272 g/mol. The highest BCUT2D eigenvalue weighted by molar-refractivity contribution is 7.98. The van der Waals surface area contributed by atoms with Crippen LogP contribution in [0.2, 0.25) is 0 Å². The van der Waals surface area contributed by atoms with E-state index in [1.807, 2.05) is 30.7 Å². The molecule has 0 aliphatic heterocycles. The first-order valence-electron chi connectivity index (χ1n) is 6.48. The maximum atomic E-state index is 11.4. The van der Waals surface area contributed by atoms with Gasteiger partial charge in [0.2, 0.25) is 0 Å². The second-order valence-corrected chi connectivity index (χ2v) is 5.94. The fourth-order valence-electron chi connectivity index (χ4n) is 2.09. The number of hydrogen-bond donors (Lipinski definition) is 0. The van der Waals surface area contributed by atoms with Gasteiger partial charge in [-0.05, 0) is 31.9 Å². The average molecular weight is 272 g/mol. The molecule has 1 aliphatic rings. The molecule has 3 nitrogen and oxygen atoms in total. The van der Waals surface area contributed by atoms with E-state index in [0.717, 1.165) is 16.2 Å². The maximum Gasteiger partial charge on any atom is 0.159 e. The van der Waals surface area contributed by atoms with Crippen LogP contribution in [0.25, 0.3) is 0 Å². The van der Waals surface area contributed by atoms with Crippen molar-refractivity contribution in [2.75, 3.05) is 0 Å². The lowest BCUT2D eigenvalue weighted by molar-refractivity contribution is 0.101. The molecule has 0 radical (unpaired) electrons. The second-order valence-electron chi connectivity index (χ2n) is 4.90. The van der Waals surface area contributed by atoms with Gasteiger partial charge in [0.1, 0.15) is 0 Å². The van der Waals surface area contributed by atoms with E-state index in [2.05, 4.69) is 15.6 Å². The number of carbonyl (C=O) groups is 1. The quantitative estimate of drug-likeness (QED) is 0.614. The molecule has 3 rings (SSSR count). The summed E-state index contributed by atoms with van der Waals surface area (Å²) in [6, 6.07) is 8.49. The molecule has 1 aromatic carbocycles. The number of carbonyl (C=O) groups excluding carboxylic acids is 1. The Morgan fingerprint density at radius 1 is 1.47 bits per heavy atom. The van der Waals surface area contributed by atoms with Gasteiger partial charge in [0.25, 0.3) is 0 Å². The van der Waals surface area contributed by atoms with Gasteiger partial charge in [0, 0.05) is 34.1 Å². The molecular weight excluding hydrogens is 256 g/mol. The normalized spacial score (nSPS) is 14.6. The molecule has 1 fully saturated rings. The van der Waals surface area contributed by atoms with E-state index in [4.69, 9.17) is 0 Å². The lowest BCUT2D eigenvalue weighted by Gasteiger charge is -2.06. The van der Waals surface area contributed by atoms with Crippen LogP contribution in [0.5, 0.6) is 0 Å². The summed E-state index contributed by atoms with van der Waals surface area (Å²) in [7, 11) is 0. The zero-order chi connectivity index (χ0) is 13.2. The Bertz CT molecular complexity index is 602. The largest absolute Gasteiger partial charge is 0.331 e. The third-order valence-corrected chi connectivity index (χ3v) is 4.34. The first-order valence-corrected chi connectivity index (χ1v) is 7.47. The predicted molar refractivity (Wildman–Crippen MR) is 76.5 cm³/mol. The van der Waals surface area contributed by atoms with E-state index in [1.54, 1.807) is 18.7 Å². The molecule has 0 bridgehead atoms. The average Bonchev–Trinajstić information content (AvgIpc) is 3.16. The van der Waals surface area contributed by atoms with Crippen LogP contribution in [0, 0.1) is 0 Å². The standard InChI is InChI=1S/C15H16N2OS/c1-11(18)12-3-2-4-15(7-12)19-9-14-8-16-10-17(14)13-5-6-13/h2-4,7-8,10,13H,5-6,9H2,1H3. The molecule has 1 aromatic heterocycles. The number of Topliss-reactive ketones (excluding diaryl/α,β-unsaturated/α-hetero) is 1. The third kappa shape index (κ3) is 2.89. The highest BCUT2D eigenvalue weighted by atomic mass is 32.2. The summed E-state index contributed by atoms with van der Waals surface area (Å²) in [5, 5.41) is 0. The fraction of sp³-hybridized carbons (Fsp3) is 0.333. The van der Waals surface area contributed by atoms with Gasteiger partial charge < -0.3 is 4.57 Å². The van der Waals surface area contributed by atoms with Crippen LogP contribution in [0.1, 0.15) is 41.9 Å². The lowest BCUT2D eigenvalue weighted by atomic mass is 10.2. The van der Waals surface area contributed by atoms with Gasteiger partial charge in [-0.3, -0.25) is 4.79 Å². The minimum Gasteiger partial charge on any atom is -0.331 e. The fourth-order valence-corrected chi connectivity index (χ4v) is 3.01. The van der Waals surface area contributed by atoms with Crippen LogP contribution in [-0.4, -0.2) is 15.3 Å². The molecule has 1 saturated carbocycles. The Kier molecular flexibility index (Phi) is 3.42. The molecule has 98 valence electrons. The molecule has 0 spiro atoms. The zero-order valence-electron chi connectivity index (χ0n) is 10.9. The number of rotatable bonds is 5. The Hall–Kier alpha value is -1.55. The van der Waals surface area contributed by atoms with Gasteiger partial charge in [-0.25, -0.2) is 4.98 Å². The SMILES string of the molecule is CC(=O)c1cccc(SCc2cncn2C2CC2)c1. The number of imidazole rings is 1. The molecule has 0 unspecified atom stereocenters. The van der Waals surface area contributed by atoms with E-state index in [9.17, 15) is 4.79 Å². The van der Waals surface area contributed by atoms with Crippen LogP contribution in [0.3, 0.4) is 0 Å². The summed E-state index contributed by atoms with van der Waals surface area (Å²) in [5.41, 5.74) is 2.04. The van der Waals surface area contributed by atoms with Crippen molar-refractivity contribution in [3.05, 3.63) is 48.0 Å². The highest BCUT2D eigenvalue weighted by Crippen LogP contribution is 2.36. The van der Waals surface area contributed by atoms with Crippen molar-refractivity contribution in [2.24, 2.45) is 0 Å². The minimum absolute atomic E-state index is 0.116. The van der Waals surface area contributed by atoms with Crippen LogP contribution < -0.4 is 0 Å². The van der Waals surface area contributed by atoms with E-state index < -0.39 is 0 Å². The molecule has 0 atom stereocenters.